The van der Waals surface area contributed by atoms with E-state index in [2.05, 4.69) is 5.32 Å². The molecule has 0 radical (unpaired) electrons. The molecule has 2 aromatic carbocycles. The largest absolute Gasteiger partial charge is 0.497 e. The minimum absolute atomic E-state index is 0.0512. The molecule has 0 bridgehead atoms. The monoisotopic (exact) mass is 355 g/mol. The number of carboxylic acid groups (broad SMARTS) is 1. The highest BCUT2D eigenvalue weighted by Crippen LogP contribution is 2.26. The number of hydrogen-bond acceptors (Lipinski definition) is 3. The molecule has 1 unspecified atom stereocenters. The summed E-state index contributed by atoms with van der Waals surface area (Å²) < 4.78 is 5.22. The summed E-state index contributed by atoms with van der Waals surface area (Å²) >= 11 is 0. The summed E-state index contributed by atoms with van der Waals surface area (Å²) in [5, 5.41) is 12.1. The molecule has 2 rings (SSSR count). The van der Waals surface area contributed by atoms with Crippen LogP contribution in [0.1, 0.15) is 44.2 Å². The average molecular weight is 355 g/mol. The Balaban J connectivity index is 2.00. The molecular formula is C21H25NO4. The molecule has 0 aromatic heterocycles. The maximum atomic E-state index is 12.3. The third-order valence-electron chi connectivity index (χ3n) is 4.58. The molecule has 2 N–H and O–H groups in total. The first-order valence-electron chi connectivity index (χ1n) is 8.51. The van der Waals surface area contributed by atoms with Crippen molar-refractivity contribution in [3.05, 3.63) is 59.7 Å². The number of methoxy groups -OCH3 is 1. The molecule has 0 saturated carbocycles. The van der Waals surface area contributed by atoms with Crippen molar-refractivity contribution in [2.24, 2.45) is 0 Å². The molecule has 0 spiro atoms. The van der Waals surface area contributed by atoms with Crippen molar-refractivity contribution in [3.8, 4) is 5.75 Å². The Morgan fingerprint density at radius 1 is 1.15 bits per heavy atom. The molecule has 0 aliphatic heterocycles. The van der Waals surface area contributed by atoms with Crippen LogP contribution < -0.4 is 10.1 Å². The summed E-state index contributed by atoms with van der Waals surface area (Å²) in [5.74, 6) is -0.159. The van der Waals surface area contributed by atoms with Crippen LogP contribution in [0.15, 0.2) is 48.5 Å². The van der Waals surface area contributed by atoms with Gasteiger partial charge >= 0.3 is 5.97 Å². The number of aliphatic carboxylic acids is 1. The Kier molecular flexibility index (Phi) is 6.03. The maximum absolute atomic E-state index is 12.3. The molecule has 0 heterocycles. The molecule has 0 fully saturated rings. The topological polar surface area (TPSA) is 75.6 Å². The number of anilines is 1. The van der Waals surface area contributed by atoms with Crippen molar-refractivity contribution < 1.29 is 19.4 Å². The van der Waals surface area contributed by atoms with E-state index in [1.807, 2.05) is 31.2 Å². The average Bonchev–Trinajstić information content (AvgIpc) is 2.62. The number of ether oxygens (including phenoxy) is 1. The van der Waals surface area contributed by atoms with E-state index in [9.17, 15) is 14.7 Å². The fourth-order valence-corrected chi connectivity index (χ4v) is 2.65. The number of rotatable bonds is 7. The van der Waals surface area contributed by atoms with E-state index in [4.69, 9.17) is 4.74 Å². The minimum Gasteiger partial charge on any atom is -0.497 e. The van der Waals surface area contributed by atoms with E-state index in [1.54, 1.807) is 45.2 Å². The standard InChI is InChI=1S/C21H25NO4/c1-14(15-6-5-7-18(13-15)26-4)12-19(23)22-17-10-8-16(9-11-17)21(2,3)20(24)25/h5-11,13-14H,12H2,1-4H3,(H,22,23)(H,24,25). The summed E-state index contributed by atoms with van der Waals surface area (Å²) in [6.45, 7) is 5.30. The zero-order valence-electron chi connectivity index (χ0n) is 15.6. The van der Waals surface area contributed by atoms with Crippen LogP contribution in [0, 0.1) is 0 Å². The van der Waals surface area contributed by atoms with Crippen molar-refractivity contribution in [1.82, 2.24) is 0 Å². The van der Waals surface area contributed by atoms with Gasteiger partial charge in [0.2, 0.25) is 5.91 Å². The molecule has 1 atom stereocenters. The second kappa shape index (κ2) is 8.04. The molecule has 2 aromatic rings. The molecule has 5 heteroatoms. The van der Waals surface area contributed by atoms with Crippen molar-refractivity contribution in [3.63, 3.8) is 0 Å². The van der Waals surface area contributed by atoms with Crippen molar-refractivity contribution in [1.29, 1.82) is 0 Å². The first-order valence-corrected chi connectivity index (χ1v) is 8.51. The SMILES string of the molecule is COc1cccc(C(C)CC(=O)Nc2ccc(C(C)(C)C(=O)O)cc2)c1. The summed E-state index contributed by atoms with van der Waals surface area (Å²) in [5.41, 5.74) is 1.41. The van der Waals surface area contributed by atoms with Gasteiger partial charge in [-0.1, -0.05) is 31.2 Å². The normalized spacial score (nSPS) is 12.3. The zero-order valence-corrected chi connectivity index (χ0v) is 15.6. The fourth-order valence-electron chi connectivity index (χ4n) is 2.65. The zero-order chi connectivity index (χ0) is 19.3. The van der Waals surface area contributed by atoms with Crippen LogP contribution >= 0.6 is 0 Å². The lowest BCUT2D eigenvalue weighted by Gasteiger charge is -2.20. The predicted molar refractivity (Wildman–Crippen MR) is 102 cm³/mol. The number of carbonyl (C=O) groups is 2. The van der Waals surface area contributed by atoms with Gasteiger partial charge in [0.05, 0.1) is 12.5 Å². The van der Waals surface area contributed by atoms with Gasteiger partial charge in [-0.15, -0.1) is 0 Å². The van der Waals surface area contributed by atoms with Crippen LogP contribution in [0.5, 0.6) is 5.75 Å². The lowest BCUT2D eigenvalue weighted by Crippen LogP contribution is -2.28. The predicted octanol–water partition coefficient (Wildman–Crippen LogP) is 4.19. The van der Waals surface area contributed by atoms with Crippen LogP contribution in [0.2, 0.25) is 0 Å². The number of benzene rings is 2. The van der Waals surface area contributed by atoms with E-state index >= 15 is 0 Å². The number of hydrogen-bond donors (Lipinski definition) is 2. The quantitative estimate of drug-likeness (QED) is 0.781. The van der Waals surface area contributed by atoms with Gasteiger partial charge in [0.25, 0.3) is 0 Å². The van der Waals surface area contributed by atoms with Gasteiger partial charge < -0.3 is 15.2 Å². The van der Waals surface area contributed by atoms with Gasteiger partial charge in [0.15, 0.2) is 0 Å². The lowest BCUT2D eigenvalue weighted by molar-refractivity contribution is -0.142. The molecule has 1 amide bonds. The van der Waals surface area contributed by atoms with Crippen LogP contribution in [0.3, 0.4) is 0 Å². The highest BCUT2D eigenvalue weighted by Gasteiger charge is 2.29. The van der Waals surface area contributed by atoms with Crippen molar-refractivity contribution in [2.75, 3.05) is 12.4 Å². The van der Waals surface area contributed by atoms with E-state index in [0.29, 0.717) is 17.7 Å². The summed E-state index contributed by atoms with van der Waals surface area (Å²) in [6.07, 6.45) is 0.343. The molecule has 138 valence electrons. The second-order valence-electron chi connectivity index (χ2n) is 6.94. The third-order valence-corrected chi connectivity index (χ3v) is 4.58. The van der Waals surface area contributed by atoms with Gasteiger partial charge in [-0.2, -0.15) is 0 Å². The molecule has 0 aliphatic carbocycles. The van der Waals surface area contributed by atoms with Gasteiger partial charge in [-0.3, -0.25) is 9.59 Å². The molecule has 5 nitrogen and oxygen atoms in total. The number of nitrogens with one attached hydrogen (secondary N) is 1. The van der Waals surface area contributed by atoms with Gasteiger partial charge in [-0.05, 0) is 55.2 Å². The van der Waals surface area contributed by atoms with E-state index < -0.39 is 11.4 Å². The second-order valence-corrected chi connectivity index (χ2v) is 6.94. The highest BCUT2D eigenvalue weighted by molar-refractivity contribution is 5.91. The Hall–Kier alpha value is -2.82. The Morgan fingerprint density at radius 3 is 2.38 bits per heavy atom. The maximum Gasteiger partial charge on any atom is 0.313 e. The van der Waals surface area contributed by atoms with Crippen molar-refractivity contribution >= 4 is 17.6 Å². The first kappa shape index (κ1) is 19.5. The lowest BCUT2D eigenvalue weighted by atomic mass is 9.85. The van der Waals surface area contributed by atoms with Crippen molar-refractivity contribution in [2.45, 2.75) is 38.5 Å². The minimum atomic E-state index is -0.969. The summed E-state index contributed by atoms with van der Waals surface area (Å²) in [6, 6.07) is 14.6. The van der Waals surface area contributed by atoms with Gasteiger partial charge in [0.1, 0.15) is 5.75 Å². The van der Waals surface area contributed by atoms with E-state index in [-0.39, 0.29) is 11.8 Å². The number of carboxylic acids is 1. The van der Waals surface area contributed by atoms with E-state index in [1.165, 1.54) is 0 Å². The van der Waals surface area contributed by atoms with Crippen LogP contribution in [-0.4, -0.2) is 24.1 Å². The Bertz CT molecular complexity index is 781. The summed E-state index contributed by atoms with van der Waals surface area (Å²) in [4.78, 5) is 23.6. The van der Waals surface area contributed by atoms with Crippen LogP contribution in [0.4, 0.5) is 5.69 Å². The van der Waals surface area contributed by atoms with Gasteiger partial charge in [0, 0.05) is 12.1 Å². The smallest absolute Gasteiger partial charge is 0.313 e. The molecular weight excluding hydrogens is 330 g/mol. The number of amides is 1. The Morgan fingerprint density at radius 2 is 1.81 bits per heavy atom. The molecule has 0 aliphatic rings. The van der Waals surface area contributed by atoms with Crippen LogP contribution in [-0.2, 0) is 15.0 Å². The van der Waals surface area contributed by atoms with E-state index in [0.717, 1.165) is 11.3 Å². The fraction of sp³-hybridized carbons (Fsp3) is 0.333. The van der Waals surface area contributed by atoms with Gasteiger partial charge in [-0.25, -0.2) is 0 Å². The number of carbonyl (C=O) groups excluding carboxylic acids is 1. The highest BCUT2D eigenvalue weighted by atomic mass is 16.5. The Labute approximate surface area is 154 Å². The summed E-state index contributed by atoms with van der Waals surface area (Å²) in [7, 11) is 1.62. The van der Waals surface area contributed by atoms with Crippen LogP contribution in [0.25, 0.3) is 0 Å². The molecule has 26 heavy (non-hydrogen) atoms. The first-order chi connectivity index (χ1) is 12.2. The molecule has 0 saturated heterocycles. The third kappa shape index (κ3) is 4.63.